The lowest BCUT2D eigenvalue weighted by molar-refractivity contribution is 0.184. The molecule has 0 saturated carbocycles. The van der Waals surface area contributed by atoms with Crippen LogP contribution in [0.4, 0.5) is 0 Å². The molecule has 0 amide bonds. The Morgan fingerprint density at radius 3 is 2.23 bits per heavy atom. The molecule has 5 aromatic rings. The van der Waals surface area contributed by atoms with Crippen molar-refractivity contribution in [3.8, 4) is 5.75 Å². The predicted octanol–water partition coefficient (Wildman–Crippen LogP) is 5.69. The maximum absolute atomic E-state index is 13.8. The second-order valence-corrected chi connectivity index (χ2v) is 11.3. The SMILES string of the molecule is COc1ccc(CN(Cc2ccccc2)C(c2cc3cc(C)c(C)cc3[nH]c2=O)c2nnnn2C(C)(C)C)cc1. The van der Waals surface area contributed by atoms with E-state index >= 15 is 0 Å². The minimum atomic E-state index is -0.522. The van der Waals surface area contributed by atoms with Crippen LogP contribution in [0.15, 0.2) is 77.6 Å². The third-order valence-corrected chi connectivity index (χ3v) is 7.29. The lowest BCUT2D eigenvalue weighted by Crippen LogP contribution is -2.37. The summed E-state index contributed by atoms with van der Waals surface area (Å²) in [6.45, 7) is 11.5. The molecule has 5 rings (SSSR count). The largest absolute Gasteiger partial charge is 0.497 e. The number of aromatic nitrogens is 5. The van der Waals surface area contributed by atoms with Crippen LogP contribution in [0.1, 0.15) is 60.5 Å². The van der Waals surface area contributed by atoms with Gasteiger partial charge in [0.1, 0.15) is 11.8 Å². The number of hydrogen-bond donors (Lipinski definition) is 1. The molecule has 2 heterocycles. The molecule has 0 bridgehead atoms. The number of tetrazole rings is 1. The molecule has 8 nitrogen and oxygen atoms in total. The fourth-order valence-corrected chi connectivity index (χ4v) is 5.06. The quantitative estimate of drug-likeness (QED) is 0.274. The van der Waals surface area contributed by atoms with Gasteiger partial charge in [0.15, 0.2) is 5.82 Å². The standard InChI is InChI=1S/C32H36N6O2/c1-21-16-25-18-27(31(39)33-28(25)17-22(21)2)29(30-34-35-36-38(30)32(3,4)5)37(19-23-10-8-7-9-11-23)20-24-12-14-26(40-6)15-13-24/h7-18,29H,19-20H2,1-6H3,(H,33,39). The van der Waals surface area contributed by atoms with Crippen LogP contribution >= 0.6 is 0 Å². The molecule has 0 saturated heterocycles. The Labute approximate surface area is 234 Å². The van der Waals surface area contributed by atoms with Gasteiger partial charge >= 0.3 is 0 Å². The molecule has 1 unspecified atom stereocenters. The number of nitrogens with zero attached hydrogens (tertiary/aromatic N) is 5. The van der Waals surface area contributed by atoms with Crippen molar-refractivity contribution in [3.63, 3.8) is 0 Å². The van der Waals surface area contributed by atoms with Gasteiger partial charge in [0.2, 0.25) is 0 Å². The molecule has 0 aliphatic rings. The average Bonchev–Trinajstić information content (AvgIpc) is 3.42. The van der Waals surface area contributed by atoms with Gasteiger partial charge in [-0.25, -0.2) is 4.68 Å². The first-order valence-electron chi connectivity index (χ1n) is 13.5. The van der Waals surface area contributed by atoms with Gasteiger partial charge in [-0.3, -0.25) is 9.69 Å². The highest BCUT2D eigenvalue weighted by Crippen LogP contribution is 2.32. The summed E-state index contributed by atoms with van der Waals surface area (Å²) in [5, 5.41) is 14.0. The van der Waals surface area contributed by atoms with Crippen LogP contribution in [-0.4, -0.2) is 37.2 Å². The third kappa shape index (κ3) is 5.67. The Balaban J connectivity index is 1.72. The molecule has 0 aliphatic carbocycles. The van der Waals surface area contributed by atoms with Gasteiger partial charge < -0.3 is 9.72 Å². The second kappa shape index (κ2) is 11.1. The van der Waals surface area contributed by atoms with Crippen LogP contribution < -0.4 is 10.3 Å². The normalized spacial score (nSPS) is 12.7. The first-order chi connectivity index (χ1) is 19.1. The van der Waals surface area contributed by atoms with E-state index < -0.39 is 11.6 Å². The van der Waals surface area contributed by atoms with Crippen molar-refractivity contribution < 1.29 is 4.74 Å². The van der Waals surface area contributed by atoms with Gasteiger partial charge in [-0.2, -0.15) is 0 Å². The number of fused-ring (bicyclic) bond motifs is 1. The Bertz CT molecular complexity index is 1670. The number of aromatic amines is 1. The van der Waals surface area contributed by atoms with Crippen molar-refractivity contribution >= 4 is 10.9 Å². The van der Waals surface area contributed by atoms with Crippen molar-refractivity contribution in [3.05, 3.63) is 117 Å². The van der Waals surface area contributed by atoms with E-state index in [9.17, 15) is 4.79 Å². The summed E-state index contributed by atoms with van der Waals surface area (Å²) in [6.07, 6.45) is 0. The van der Waals surface area contributed by atoms with Crippen LogP contribution in [0.5, 0.6) is 5.75 Å². The minimum Gasteiger partial charge on any atom is -0.497 e. The van der Waals surface area contributed by atoms with E-state index in [1.54, 1.807) is 7.11 Å². The molecular formula is C32H36N6O2. The molecule has 8 heteroatoms. The number of methoxy groups -OCH3 is 1. The first-order valence-corrected chi connectivity index (χ1v) is 13.5. The fraction of sp³-hybridized carbons (Fsp3) is 0.312. The predicted molar refractivity (Wildman–Crippen MR) is 157 cm³/mol. The zero-order valence-corrected chi connectivity index (χ0v) is 24.0. The molecule has 0 aliphatic heterocycles. The van der Waals surface area contributed by atoms with Crippen LogP contribution in [0.3, 0.4) is 0 Å². The second-order valence-electron chi connectivity index (χ2n) is 11.3. The number of rotatable bonds is 8. The topological polar surface area (TPSA) is 88.9 Å². The zero-order chi connectivity index (χ0) is 28.4. The van der Waals surface area contributed by atoms with Gasteiger partial charge in [-0.05, 0) is 103 Å². The number of hydrogen-bond acceptors (Lipinski definition) is 6. The number of nitrogens with one attached hydrogen (secondary N) is 1. The van der Waals surface area contributed by atoms with Crippen LogP contribution in [0.25, 0.3) is 10.9 Å². The monoisotopic (exact) mass is 536 g/mol. The zero-order valence-electron chi connectivity index (χ0n) is 24.0. The summed E-state index contributed by atoms with van der Waals surface area (Å²) < 4.78 is 7.21. The van der Waals surface area contributed by atoms with Gasteiger partial charge in [0, 0.05) is 24.2 Å². The maximum Gasteiger partial charge on any atom is 0.253 e. The van der Waals surface area contributed by atoms with E-state index in [-0.39, 0.29) is 5.56 Å². The lowest BCUT2D eigenvalue weighted by Gasteiger charge is -2.33. The molecule has 0 spiro atoms. The molecule has 40 heavy (non-hydrogen) atoms. The van der Waals surface area contributed by atoms with Gasteiger partial charge in [0.05, 0.1) is 12.6 Å². The van der Waals surface area contributed by atoms with Crippen LogP contribution in [0, 0.1) is 13.8 Å². The molecule has 0 fully saturated rings. The molecule has 1 atom stereocenters. The minimum absolute atomic E-state index is 0.156. The van der Waals surface area contributed by atoms with Crippen molar-refractivity contribution in [2.45, 2.75) is 59.3 Å². The van der Waals surface area contributed by atoms with Crippen molar-refractivity contribution in [2.75, 3.05) is 7.11 Å². The Morgan fingerprint density at radius 2 is 1.57 bits per heavy atom. The number of benzene rings is 3. The molecular weight excluding hydrogens is 500 g/mol. The van der Waals surface area contributed by atoms with E-state index in [4.69, 9.17) is 4.74 Å². The van der Waals surface area contributed by atoms with Crippen molar-refractivity contribution in [1.82, 2.24) is 30.1 Å². The summed E-state index contributed by atoms with van der Waals surface area (Å²) in [6, 6.07) is 23.9. The highest BCUT2D eigenvalue weighted by atomic mass is 16.5. The number of H-pyrrole nitrogens is 1. The third-order valence-electron chi connectivity index (χ3n) is 7.29. The Hall–Kier alpha value is -4.30. The lowest BCUT2D eigenvalue weighted by atomic mass is 9.98. The van der Waals surface area contributed by atoms with E-state index in [2.05, 4.69) is 90.4 Å². The van der Waals surface area contributed by atoms with E-state index in [0.717, 1.165) is 33.3 Å². The maximum atomic E-state index is 13.8. The van der Waals surface area contributed by atoms with E-state index in [0.29, 0.717) is 24.5 Å². The number of aryl methyl sites for hydroxylation is 2. The van der Waals surface area contributed by atoms with Gasteiger partial charge in [0.25, 0.3) is 5.56 Å². The van der Waals surface area contributed by atoms with Crippen LogP contribution in [0.2, 0.25) is 0 Å². The summed E-state index contributed by atoms with van der Waals surface area (Å²) in [4.78, 5) is 19.3. The summed E-state index contributed by atoms with van der Waals surface area (Å²) in [7, 11) is 1.66. The molecule has 0 radical (unpaired) electrons. The number of pyridine rings is 1. The Kier molecular flexibility index (Phi) is 7.54. The molecule has 3 aromatic carbocycles. The van der Waals surface area contributed by atoms with Crippen LogP contribution in [-0.2, 0) is 18.6 Å². The van der Waals surface area contributed by atoms with Crippen molar-refractivity contribution in [1.29, 1.82) is 0 Å². The summed E-state index contributed by atoms with van der Waals surface area (Å²) in [5.41, 5.74) is 5.37. The molecule has 2 aromatic heterocycles. The van der Waals surface area contributed by atoms with Gasteiger partial charge in [-0.15, -0.1) is 5.10 Å². The highest BCUT2D eigenvalue weighted by Gasteiger charge is 2.33. The molecule has 206 valence electrons. The number of ether oxygens (including phenoxy) is 1. The summed E-state index contributed by atoms with van der Waals surface area (Å²) in [5.74, 6) is 1.41. The van der Waals surface area contributed by atoms with Crippen molar-refractivity contribution in [2.24, 2.45) is 0 Å². The van der Waals surface area contributed by atoms with Gasteiger partial charge in [-0.1, -0.05) is 42.5 Å². The smallest absolute Gasteiger partial charge is 0.253 e. The highest BCUT2D eigenvalue weighted by molar-refractivity contribution is 5.81. The van der Waals surface area contributed by atoms with E-state index in [1.807, 2.05) is 47.1 Å². The average molecular weight is 537 g/mol. The van der Waals surface area contributed by atoms with E-state index in [1.165, 1.54) is 5.56 Å². The summed E-state index contributed by atoms with van der Waals surface area (Å²) >= 11 is 0. The Morgan fingerprint density at radius 1 is 0.925 bits per heavy atom. The molecule has 1 N–H and O–H groups in total. The first kappa shape index (κ1) is 27.3. The fourth-order valence-electron chi connectivity index (χ4n) is 5.06.